The highest BCUT2D eigenvalue weighted by Crippen LogP contribution is 2.56. The summed E-state index contributed by atoms with van der Waals surface area (Å²) in [6.45, 7) is 8.81. The number of hydrogen-bond acceptors (Lipinski definition) is 10. The molecule has 0 aromatic heterocycles. The predicted molar refractivity (Wildman–Crippen MR) is 215 cm³/mol. The molecule has 4 aliphatic rings. The molecule has 8 rings (SSSR count). The molecule has 14 heteroatoms. The van der Waals surface area contributed by atoms with Crippen molar-refractivity contribution in [2.75, 3.05) is 36.0 Å². The van der Waals surface area contributed by atoms with Crippen molar-refractivity contribution in [2.24, 2.45) is 0 Å². The summed E-state index contributed by atoms with van der Waals surface area (Å²) in [4.78, 5) is 53.0. The zero-order chi connectivity index (χ0) is 40.3. The Morgan fingerprint density at radius 2 is 1.04 bits per heavy atom. The molecule has 0 fully saturated rings. The average molecular weight is 771 g/mol. The number of rotatable bonds is 10. The number of fused-ring (bicyclic) bond motifs is 4. The molecule has 0 saturated heterocycles. The Kier molecular flexibility index (Phi) is 8.82. The van der Waals surface area contributed by atoms with Crippen LogP contribution in [0.1, 0.15) is 56.4 Å². The highest BCUT2D eigenvalue weighted by molar-refractivity contribution is 5.86. The maximum Gasteiger partial charge on any atom is 0.270 e. The van der Waals surface area contributed by atoms with Gasteiger partial charge in [-0.25, -0.2) is 0 Å². The SMILES string of the molecule is CC1(C)c2ccccc2N(CC(=O)NCCCNC(=O)CN2c3ccccc3C(C)(C)C23C=Cc2cc([N+](=O)[O-])ccc2O3)C12C=Cc1cc([N+](=O)[O-])ccc1O2. The summed E-state index contributed by atoms with van der Waals surface area (Å²) in [6.07, 6.45) is 7.87. The van der Waals surface area contributed by atoms with Crippen LogP contribution in [0.15, 0.2) is 97.1 Å². The molecule has 57 heavy (non-hydrogen) atoms. The number of nitro groups is 2. The highest BCUT2D eigenvalue weighted by Gasteiger charge is 2.60. The molecule has 14 nitrogen and oxygen atoms in total. The van der Waals surface area contributed by atoms with Crippen molar-refractivity contribution < 1.29 is 28.9 Å². The predicted octanol–water partition coefficient (Wildman–Crippen LogP) is 6.63. The molecule has 4 aromatic rings. The van der Waals surface area contributed by atoms with Gasteiger partial charge in [-0.15, -0.1) is 0 Å². The number of hydrogen-bond donors (Lipinski definition) is 2. The van der Waals surface area contributed by atoms with Crippen molar-refractivity contribution in [1.29, 1.82) is 0 Å². The minimum absolute atomic E-state index is 0.0182. The van der Waals surface area contributed by atoms with Gasteiger partial charge in [0.25, 0.3) is 11.4 Å². The first-order valence-corrected chi connectivity index (χ1v) is 18.8. The first kappa shape index (κ1) is 37.2. The highest BCUT2D eigenvalue weighted by atomic mass is 16.6. The second-order valence-electron chi connectivity index (χ2n) is 15.7. The molecule has 4 aromatic carbocycles. The fraction of sp³-hybridized carbons (Fsp3) is 0.302. The van der Waals surface area contributed by atoms with Gasteiger partial charge in [-0.1, -0.05) is 36.4 Å². The van der Waals surface area contributed by atoms with Crippen molar-refractivity contribution in [3.63, 3.8) is 0 Å². The Labute approximate surface area is 329 Å². The maximum absolute atomic E-state index is 13.6. The summed E-state index contributed by atoms with van der Waals surface area (Å²) >= 11 is 0. The van der Waals surface area contributed by atoms with Gasteiger partial charge in [0.05, 0.1) is 20.7 Å². The number of anilines is 2. The minimum atomic E-state index is -1.08. The van der Waals surface area contributed by atoms with Gasteiger partial charge in [0, 0.05) is 59.9 Å². The van der Waals surface area contributed by atoms with Crippen LogP contribution in [0.5, 0.6) is 11.5 Å². The standard InChI is InChI=1S/C43H42N6O8/c1-40(2)32-10-5-7-12-34(32)46(42(40)20-18-28-24-30(48(52)53)14-16-36(28)56-42)26-38(50)44-22-9-23-45-39(51)27-47-35-13-8-6-11-33(35)41(3,4)43(47)21-19-29-25-31(49(54)55)15-17-37(29)57-43/h5-8,10-21,24-25H,9,22-23,26-27H2,1-4H3,(H,44,50)(H,45,51). The molecule has 0 bridgehead atoms. The smallest absolute Gasteiger partial charge is 0.270 e. The van der Waals surface area contributed by atoms with E-state index < -0.39 is 32.1 Å². The van der Waals surface area contributed by atoms with Crippen molar-refractivity contribution in [1.82, 2.24) is 10.6 Å². The van der Waals surface area contributed by atoms with Gasteiger partial charge in [0.1, 0.15) is 24.6 Å². The largest absolute Gasteiger partial charge is 0.463 e. The number of nitrogens with one attached hydrogen (secondary N) is 2. The zero-order valence-corrected chi connectivity index (χ0v) is 32.0. The summed E-state index contributed by atoms with van der Waals surface area (Å²) in [7, 11) is 0. The van der Waals surface area contributed by atoms with Gasteiger partial charge < -0.3 is 29.9 Å². The average Bonchev–Trinajstić information content (AvgIpc) is 3.47. The van der Waals surface area contributed by atoms with Gasteiger partial charge in [0.2, 0.25) is 23.3 Å². The zero-order valence-electron chi connectivity index (χ0n) is 32.0. The van der Waals surface area contributed by atoms with E-state index in [1.807, 2.05) is 82.6 Å². The third kappa shape index (κ3) is 5.85. The fourth-order valence-corrected chi connectivity index (χ4v) is 8.76. The van der Waals surface area contributed by atoms with E-state index in [-0.39, 0.29) is 36.3 Å². The molecule has 4 heterocycles. The molecule has 0 aliphatic carbocycles. The number of amides is 2. The molecule has 2 spiro atoms. The van der Waals surface area contributed by atoms with Crippen LogP contribution in [0.3, 0.4) is 0 Å². The summed E-state index contributed by atoms with van der Waals surface area (Å²) in [5.74, 6) is 0.507. The normalized spacial score (nSPS) is 21.2. The van der Waals surface area contributed by atoms with Crippen LogP contribution >= 0.6 is 0 Å². The molecule has 0 saturated carbocycles. The molecule has 4 aliphatic heterocycles. The number of ether oxygens (including phenoxy) is 2. The monoisotopic (exact) mass is 770 g/mol. The lowest BCUT2D eigenvalue weighted by molar-refractivity contribution is -0.385. The van der Waals surface area contributed by atoms with Crippen molar-refractivity contribution in [3.8, 4) is 11.5 Å². The Morgan fingerprint density at radius 1 is 0.632 bits per heavy atom. The number of nitrogens with zero attached hydrogens (tertiary/aromatic N) is 4. The van der Waals surface area contributed by atoms with Crippen LogP contribution in [0.4, 0.5) is 22.7 Å². The van der Waals surface area contributed by atoms with Crippen molar-refractivity contribution >= 4 is 46.7 Å². The van der Waals surface area contributed by atoms with E-state index in [4.69, 9.17) is 9.47 Å². The van der Waals surface area contributed by atoms with E-state index >= 15 is 0 Å². The number of benzene rings is 4. The first-order valence-electron chi connectivity index (χ1n) is 18.8. The van der Waals surface area contributed by atoms with E-state index in [0.717, 1.165) is 22.5 Å². The van der Waals surface area contributed by atoms with Crippen LogP contribution < -0.4 is 29.9 Å². The summed E-state index contributed by atoms with van der Waals surface area (Å²) in [5.41, 5.74) is 1.45. The van der Waals surface area contributed by atoms with Gasteiger partial charge >= 0.3 is 0 Å². The van der Waals surface area contributed by atoms with Gasteiger partial charge in [-0.05, 0) is 93.8 Å². The van der Waals surface area contributed by atoms with Crippen molar-refractivity contribution in [3.05, 3.63) is 140 Å². The summed E-state index contributed by atoms with van der Waals surface area (Å²) in [5, 5.41) is 28.8. The topological polar surface area (TPSA) is 169 Å². The maximum atomic E-state index is 13.6. The quantitative estimate of drug-likeness (QED) is 0.102. The van der Waals surface area contributed by atoms with E-state index in [2.05, 4.69) is 38.3 Å². The molecule has 292 valence electrons. The molecule has 2 N–H and O–H groups in total. The first-order chi connectivity index (χ1) is 27.2. The fourth-order valence-electron chi connectivity index (χ4n) is 8.76. The Bertz CT molecular complexity index is 2240. The van der Waals surface area contributed by atoms with Crippen LogP contribution in [-0.4, -0.2) is 59.3 Å². The second kappa shape index (κ2) is 13.5. The van der Waals surface area contributed by atoms with Crippen LogP contribution in [0, 0.1) is 20.2 Å². The lowest BCUT2D eigenvalue weighted by atomic mass is 9.76. The number of nitro benzene ring substituents is 2. The number of carbonyl (C=O) groups excluding carboxylic acids is 2. The summed E-state index contributed by atoms with van der Waals surface area (Å²) in [6, 6.07) is 24.7. The second-order valence-corrected chi connectivity index (χ2v) is 15.7. The third-order valence-electron chi connectivity index (χ3n) is 11.8. The van der Waals surface area contributed by atoms with E-state index in [1.165, 1.54) is 24.3 Å². The lowest BCUT2D eigenvalue weighted by Crippen LogP contribution is -2.61. The van der Waals surface area contributed by atoms with Crippen molar-refractivity contribution in [2.45, 2.75) is 56.4 Å². The molecule has 0 radical (unpaired) electrons. The third-order valence-corrected chi connectivity index (χ3v) is 11.8. The lowest BCUT2D eigenvalue weighted by Gasteiger charge is -2.46. The van der Waals surface area contributed by atoms with E-state index in [0.29, 0.717) is 42.1 Å². The van der Waals surface area contributed by atoms with Gasteiger partial charge in [0.15, 0.2) is 0 Å². The van der Waals surface area contributed by atoms with Crippen LogP contribution in [0.25, 0.3) is 12.2 Å². The van der Waals surface area contributed by atoms with E-state index in [1.54, 1.807) is 12.1 Å². The molecule has 2 amide bonds. The Hall–Kier alpha value is -6.70. The number of non-ortho nitro benzene ring substituents is 2. The van der Waals surface area contributed by atoms with E-state index in [9.17, 15) is 29.8 Å². The Balaban J connectivity index is 0.916. The van der Waals surface area contributed by atoms with Gasteiger partial charge in [-0.2, -0.15) is 0 Å². The molecular formula is C43H42N6O8. The van der Waals surface area contributed by atoms with Crippen LogP contribution in [0.2, 0.25) is 0 Å². The Morgan fingerprint density at radius 3 is 1.44 bits per heavy atom. The van der Waals surface area contributed by atoms with Crippen LogP contribution in [-0.2, 0) is 20.4 Å². The number of carbonyl (C=O) groups is 2. The molecule has 2 atom stereocenters. The molecule has 2 unspecified atom stereocenters. The minimum Gasteiger partial charge on any atom is -0.463 e. The summed E-state index contributed by atoms with van der Waals surface area (Å²) < 4.78 is 13.4. The number of para-hydroxylation sites is 2. The van der Waals surface area contributed by atoms with Gasteiger partial charge in [-0.3, -0.25) is 29.8 Å². The molecular weight excluding hydrogens is 729 g/mol.